The quantitative estimate of drug-likeness (QED) is 0.543. The molecule has 0 saturated carbocycles. The zero-order valence-electron chi connectivity index (χ0n) is 9.38. The van der Waals surface area contributed by atoms with Gasteiger partial charge in [0.05, 0.1) is 18.8 Å². The first kappa shape index (κ1) is 12.3. The van der Waals surface area contributed by atoms with Crippen molar-refractivity contribution in [3.63, 3.8) is 0 Å². The van der Waals surface area contributed by atoms with E-state index in [1.165, 1.54) is 18.6 Å². The van der Waals surface area contributed by atoms with Crippen LogP contribution in [0.1, 0.15) is 33.6 Å². The second-order valence-corrected chi connectivity index (χ2v) is 6.00. The van der Waals surface area contributed by atoms with E-state index in [0.717, 1.165) is 0 Å². The molecule has 0 aliphatic carbocycles. The predicted octanol–water partition coefficient (Wildman–Crippen LogP) is 1.53. The Hall–Kier alpha value is 0.230. The minimum atomic E-state index is 0.254. The lowest BCUT2D eigenvalue weighted by Gasteiger charge is -2.33. The third-order valence-corrected chi connectivity index (χ3v) is 4.42. The third-order valence-electron chi connectivity index (χ3n) is 2.78. The Bertz CT molecular complexity index is 170. The molecule has 14 heavy (non-hydrogen) atoms. The largest absolute Gasteiger partial charge is 0.377 e. The van der Waals surface area contributed by atoms with Gasteiger partial charge in [0.15, 0.2) is 0 Å². The van der Waals surface area contributed by atoms with Gasteiger partial charge < -0.3 is 4.74 Å². The summed E-state index contributed by atoms with van der Waals surface area (Å²) in [6.07, 6.45) is 2.80. The summed E-state index contributed by atoms with van der Waals surface area (Å²) in [5, 5.41) is 0. The minimum absolute atomic E-state index is 0.254. The standard InChI is InChI=1S/C10H22N2OS/c1-8(2)13-7-9(12-11)10(3)5-4-6-14-10/h8-9,12H,4-7,11H2,1-3H3. The second-order valence-electron chi connectivity index (χ2n) is 4.37. The summed E-state index contributed by atoms with van der Waals surface area (Å²) in [4.78, 5) is 0. The molecule has 84 valence electrons. The van der Waals surface area contributed by atoms with E-state index in [1.54, 1.807) is 0 Å². The molecule has 1 aliphatic rings. The van der Waals surface area contributed by atoms with E-state index >= 15 is 0 Å². The number of hydrogen-bond donors (Lipinski definition) is 2. The molecule has 0 aromatic carbocycles. The molecule has 4 heteroatoms. The molecule has 0 aromatic rings. The number of rotatable bonds is 5. The van der Waals surface area contributed by atoms with Gasteiger partial charge >= 0.3 is 0 Å². The molecule has 2 atom stereocenters. The van der Waals surface area contributed by atoms with Gasteiger partial charge in [0.25, 0.3) is 0 Å². The Balaban J connectivity index is 2.43. The first-order chi connectivity index (χ1) is 6.58. The average molecular weight is 218 g/mol. The molecule has 0 bridgehead atoms. The highest BCUT2D eigenvalue weighted by atomic mass is 32.2. The molecule has 2 unspecified atom stereocenters. The Morgan fingerprint density at radius 2 is 2.29 bits per heavy atom. The van der Waals surface area contributed by atoms with Crippen LogP contribution in [-0.4, -0.2) is 29.3 Å². The predicted molar refractivity (Wildman–Crippen MR) is 62.3 cm³/mol. The normalized spacial score (nSPS) is 29.8. The fourth-order valence-corrected chi connectivity index (χ4v) is 3.15. The van der Waals surface area contributed by atoms with E-state index in [-0.39, 0.29) is 16.9 Å². The first-order valence-corrected chi connectivity index (χ1v) is 6.29. The van der Waals surface area contributed by atoms with Crippen molar-refractivity contribution in [2.24, 2.45) is 5.84 Å². The fraction of sp³-hybridized carbons (Fsp3) is 1.00. The van der Waals surface area contributed by atoms with Crippen molar-refractivity contribution in [1.82, 2.24) is 5.43 Å². The first-order valence-electron chi connectivity index (χ1n) is 5.30. The van der Waals surface area contributed by atoms with Crippen LogP contribution in [0, 0.1) is 0 Å². The molecule has 0 aromatic heterocycles. The van der Waals surface area contributed by atoms with Crippen molar-refractivity contribution in [2.75, 3.05) is 12.4 Å². The lowest BCUT2D eigenvalue weighted by Crippen LogP contribution is -2.51. The lowest BCUT2D eigenvalue weighted by atomic mass is 9.97. The highest BCUT2D eigenvalue weighted by Crippen LogP contribution is 2.40. The lowest BCUT2D eigenvalue weighted by molar-refractivity contribution is 0.0538. The number of ether oxygens (including phenoxy) is 1. The molecular weight excluding hydrogens is 196 g/mol. The number of nitrogens with one attached hydrogen (secondary N) is 1. The second kappa shape index (κ2) is 5.35. The van der Waals surface area contributed by atoms with Crippen molar-refractivity contribution < 1.29 is 4.74 Å². The maximum Gasteiger partial charge on any atom is 0.0650 e. The van der Waals surface area contributed by atoms with E-state index in [0.29, 0.717) is 6.61 Å². The summed E-state index contributed by atoms with van der Waals surface area (Å²) in [6.45, 7) is 7.09. The van der Waals surface area contributed by atoms with E-state index in [1.807, 2.05) is 11.8 Å². The van der Waals surface area contributed by atoms with Crippen LogP contribution in [0.5, 0.6) is 0 Å². The van der Waals surface area contributed by atoms with Crippen LogP contribution in [0.25, 0.3) is 0 Å². The molecule has 0 radical (unpaired) electrons. The smallest absolute Gasteiger partial charge is 0.0650 e. The summed E-state index contributed by atoms with van der Waals surface area (Å²) in [5.41, 5.74) is 2.89. The third kappa shape index (κ3) is 3.12. The Kier molecular flexibility index (Phi) is 4.70. The molecule has 3 N–H and O–H groups in total. The number of nitrogens with two attached hydrogens (primary N) is 1. The van der Waals surface area contributed by atoms with Crippen LogP contribution < -0.4 is 11.3 Å². The average Bonchev–Trinajstić information content (AvgIpc) is 2.53. The van der Waals surface area contributed by atoms with Gasteiger partial charge in [-0.25, -0.2) is 0 Å². The Labute approximate surface area is 91.1 Å². The summed E-state index contributed by atoms with van der Waals surface area (Å²) >= 11 is 2.01. The maximum absolute atomic E-state index is 5.62. The minimum Gasteiger partial charge on any atom is -0.377 e. The Morgan fingerprint density at radius 3 is 2.71 bits per heavy atom. The van der Waals surface area contributed by atoms with Crippen molar-refractivity contribution in [3.8, 4) is 0 Å². The highest BCUT2D eigenvalue weighted by Gasteiger charge is 2.37. The zero-order valence-corrected chi connectivity index (χ0v) is 10.2. The topological polar surface area (TPSA) is 47.3 Å². The summed E-state index contributed by atoms with van der Waals surface area (Å²) in [5.74, 6) is 6.83. The van der Waals surface area contributed by atoms with Gasteiger partial charge in [0.2, 0.25) is 0 Å². The zero-order chi connectivity index (χ0) is 10.6. The highest BCUT2D eigenvalue weighted by molar-refractivity contribution is 8.00. The van der Waals surface area contributed by atoms with Gasteiger partial charge in [-0.3, -0.25) is 11.3 Å². The van der Waals surface area contributed by atoms with Gasteiger partial charge in [-0.1, -0.05) is 0 Å². The van der Waals surface area contributed by atoms with Crippen LogP contribution in [0.15, 0.2) is 0 Å². The van der Waals surface area contributed by atoms with Crippen LogP contribution >= 0.6 is 11.8 Å². The fourth-order valence-electron chi connectivity index (χ4n) is 1.76. The molecule has 1 saturated heterocycles. The molecule has 1 fully saturated rings. The molecule has 1 heterocycles. The summed E-state index contributed by atoms with van der Waals surface area (Å²) in [7, 11) is 0. The van der Waals surface area contributed by atoms with Crippen LogP contribution in [-0.2, 0) is 4.74 Å². The molecular formula is C10H22N2OS. The van der Waals surface area contributed by atoms with Gasteiger partial charge in [-0.05, 0) is 39.4 Å². The van der Waals surface area contributed by atoms with Gasteiger partial charge in [0.1, 0.15) is 0 Å². The van der Waals surface area contributed by atoms with Gasteiger partial charge in [-0.2, -0.15) is 11.8 Å². The number of thioether (sulfide) groups is 1. The van der Waals surface area contributed by atoms with Gasteiger partial charge in [0, 0.05) is 4.75 Å². The van der Waals surface area contributed by atoms with Crippen LogP contribution in [0.4, 0.5) is 0 Å². The van der Waals surface area contributed by atoms with E-state index in [2.05, 4.69) is 26.2 Å². The summed E-state index contributed by atoms with van der Waals surface area (Å²) in [6, 6.07) is 0.261. The van der Waals surface area contributed by atoms with Crippen molar-refractivity contribution in [2.45, 2.75) is 50.5 Å². The molecule has 0 spiro atoms. The number of hydrazine groups is 1. The van der Waals surface area contributed by atoms with Crippen LogP contribution in [0.3, 0.4) is 0 Å². The molecule has 1 aliphatic heterocycles. The van der Waals surface area contributed by atoms with Crippen molar-refractivity contribution in [1.29, 1.82) is 0 Å². The maximum atomic E-state index is 5.62. The van der Waals surface area contributed by atoms with E-state index < -0.39 is 0 Å². The SMILES string of the molecule is CC(C)OCC(NN)C1(C)CCCS1. The molecule has 1 rings (SSSR count). The Morgan fingerprint density at radius 1 is 1.57 bits per heavy atom. The number of hydrogen-bond acceptors (Lipinski definition) is 4. The van der Waals surface area contributed by atoms with Gasteiger partial charge in [-0.15, -0.1) is 0 Å². The van der Waals surface area contributed by atoms with E-state index in [9.17, 15) is 0 Å². The van der Waals surface area contributed by atoms with E-state index in [4.69, 9.17) is 10.6 Å². The summed E-state index contributed by atoms with van der Waals surface area (Å²) < 4.78 is 5.87. The molecule has 0 amide bonds. The monoisotopic (exact) mass is 218 g/mol. The van der Waals surface area contributed by atoms with Crippen molar-refractivity contribution >= 4 is 11.8 Å². The van der Waals surface area contributed by atoms with Crippen molar-refractivity contribution in [3.05, 3.63) is 0 Å². The van der Waals surface area contributed by atoms with Crippen LogP contribution in [0.2, 0.25) is 0 Å². The molecule has 3 nitrogen and oxygen atoms in total.